The molecule has 1 atom stereocenters. The standard InChI is InChI=1S/C9H9F3O3S/c1-6-4-2-3-5-7(6)16(13,14)15-9(12)8(10)11/h2-5,8-9H,1H3. The Morgan fingerprint density at radius 1 is 1.19 bits per heavy atom. The van der Waals surface area contributed by atoms with E-state index in [2.05, 4.69) is 4.18 Å². The van der Waals surface area contributed by atoms with Crippen LogP contribution >= 0.6 is 0 Å². The molecule has 1 unspecified atom stereocenters. The van der Waals surface area contributed by atoms with Crippen LogP contribution in [-0.4, -0.2) is 21.2 Å². The Labute approximate surface area is 91.0 Å². The molecule has 0 radical (unpaired) electrons. The van der Waals surface area contributed by atoms with Gasteiger partial charge in [-0.2, -0.15) is 8.42 Å². The third-order valence-corrected chi connectivity index (χ3v) is 3.21. The van der Waals surface area contributed by atoms with Crippen molar-refractivity contribution in [1.82, 2.24) is 0 Å². The Kier molecular flexibility index (Phi) is 3.93. The highest BCUT2D eigenvalue weighted by molar-refractivity contribution is 7.86. The largest absolute Gasteiger partial charge is 0.300 e. The van der Waals surface area contributed by atoms with Gasteiger partial charge >= 0.3 is 0 Å². The lowest BCUT2D eigenvalue weighted by Gasteiger charge is -2.10. The molecule has 3 nitrogen and oxygen atoms in total. The maximum atomic E-state index is 12.5. The predicted molar refractivity (Wildman–Crippen MR) is 50.3 cm³/mol. The molecule has 7 heteroatoms. The normalized spacial score (nSPS) is 14.1. The van der Waals surface area contributed by atoms with Gasteiger partial charge in [-0.3, -0.25) is 0 Å². The van der Waals surface area contributed by atoms with Crippen molar-refractivity contribution < 1.29 is 25.8 Å². The highest BCUT2D eigenvalue weighted by Crippen LogP contribution is 2.20. The summed E-state index contributed by atoms with van der Waals surface area (Å²) in [6, 6.07) is 5.56. The summed E-state index contributed by atoms with van der Waals surface area (Å²) in [6.45, 7) is 1.45. The summed E-state index contributed by atoms with van der Waals surface area (Å²) in [5, 5.41) is 0. The van der Waals surface area contributed by atoms with Crippen molar-refractivity contribution in [2.75, 3.05) is 0 Å². The van der Waals surface area contributed by atoms with Crippen LogP contribution in [0.15, 0.2) is 29.2 Å². The highest BCUT2D eigenvalue weighted by Gasteiger charge is 2.29. The fourth-order valence-corrected chi connectivity index (χ4v) is 2.19. The Morgan fingerprint density at radius 3 is 2.25 bits per heavy atom. The Balaban J connectivity index is 3.00. The fourth-order valence-electron chi connectivity index (χ4n) is 1.05. The number of halogens is 3. The number of alkyl halides is 3. The van der Waals surface area contributed by atoms with E-state index in [0.29, 0.717) is 5.56 Å². The molecule has 0 bridgehead atoms. The third kappa shape index (κ3) is 2.96. The molecule has 1 aromatic rings. The van der Waals surface area contributed by atoms with Crippen molar-refractivity contribution in [1.29, 1.82) is 0 Å². The molecule has 0 saturated carbocycles. The van der Waals surface area contributed by atoms with Gasteiger partial charge in [0.15, 0.2) is 0 Å². The molecule has 0 fully saturated rings. The molecule has 90 valence electrons. The van der Waals surface area contributed by atoms with Gasteiger partial charge < -0.3 is 0 Å². The van der Waals surface area contributed by atoms with Crippen LogP contribution in [0.4, 0.5) is 13.2 Å². The van der Waals surface area contributed by atoms with Gasteiger partial charge in [-0.05, 0) is 18.6 Å². The SMILES string of the molecule is Cc1ccccc1S(=O)(=O)OC(F)C(F)F. The first-order valence-electron chi connectivity index (χ1n) is 4.26. The smallest absolute Gasteiger partial charge is 0.223 e. The highest BCUT2D eigenvalue weighted by atomic mass is 32.2. The van der Waals surface area contributed by atoms with Gasteiger partial charge in [0.1, 0.15) is 0 Å². The predicted octanol–water partition coefficient (Wildman–Crippen LogP) is 2.26. The van der Waals surface area contributed by atoms with Crippen molar-refractivity contribution in [2.24, 2.45) is 0 Å². The molecule has 0 aliphatic carbocycles. The lowest BCUT2D eigenvalue weighted by atomic mass is 10.2. The first kappa shape index (κ1) is 13.0. The molecule has 16 heavy (non-hydrogen) atoms. The third-order valence-electron chi connectivity index (χ3n) is 1.78. The van der Waals surface area contributed by atoms with E-state index in [1.165, 1.54) is 19.1 Å². The lowest BCUT2D eigenvalue weighted by molar-refractivity contribution is -0.0633. The lowest BCUT2D eigenvalue weighted by Crippen LogP contribution is -2.21. The van der Waals surface area contributed by atoms with E-state index < -0.39 is 22.9 Å². The first-order chi connectivity index (χ1) is 7.34. The van der Waals surface area contributed by atoms with Gasteiger partial charge in [0.2, 0.25) is 0 Å². The van der Waals surface area contributed by atoms with Crippen molar-refractivity contribution in [3.63, 3.8) is 0 Å². The van der Waals surface area contributed by atoms with Crippen LogP contribution in [-0.2, 0) is 14.3 Å². The van der Waals surface area contributed by atoms with E-state index >= 15 is 0 Å². The average molecular weight is 254 g/mol. The van der Waals surface area contributed by atoms with E-state index in [-0.39, 0.29) is 4.90 Å². The van der Waals surface area contributed by atoms with Crippen LogP contribution in [0.3, 0.4) is 0 Å². The number of hydrogen-bond acceptors (Lipinski definition) is 3. The molecule has 0 amide bonds. The monoisotopic (exact) mass is 254 g/mol. The molecule has 0 aliphatic heterocycles. The topological polar surface area (TPSA) is 43.4 Å². The second kappa shape index (κ2) is 4.84. The zero-order valence-electron chi connectivity index (χ0n) is 8.23. The maximum Gasteiger partial charge on any atom is 0.300 e. The van der Waals surface area contributed by atoms with E-state index in [1.807, 2.05) is 0 Å². The van der Waals surface area contributed by atoms with Crippen LogP contribution in [0, 0.1) is 6.92 Å². The summed E-state index contributed by atoms with van der Waals surface area (Å²) in [7, 11) is -4.49. The van der Waals surface area contributed by atoms with Crippen molar-refractivity contribution in [3.05, 3.63) is 29.8 Å². The average Bonchev–Trinajstić information content (AvgIpc) is 2.17. The molecule has 0 N–H and O–H groups in total. The van der Waals surface area contributed by atoms with E-state index in [1.54, 1.807) is 6.07 Å². The Morgan fingerprint density at radius 2 is 1.75 bits per heavy atom. The number of aryl methyl sites for hydroxylation is 1. The molecule has 0 heterocycles. The van der Waals surface area contributed by atoms with E-state index in [9.17, 15) is 21.6 Å². The van der Waals surface area contributed by atoms with Crippen LogP contribution in [0.5, 0.6) is 0 Å². The first-order valence-corrected chi connectivity index (χ1v) is 5.66. The number of benzene rings is 1. The molecule has 0 spiro atoms. The Bertz CT molecular complexity index is 459. The zero-order chi connectivity index (χ0) is 12.3. The van der Waals surface area contributed by atoms with Crippen LogP contribution < -0.4 is 0 Å². The minimum atomic E-state index is -4.49. The number of rotatable bonds is 4. The molecule has 0 aliphatic rings. The zero-order valence-corrected chi connectivity index (χ0v) is 9.05. The summed E-state index contributed by atoms with van der Waals surface area (Å²) in [4.78, 5) is -0.321. The van der Waals surface area contributed by atoms with E-state index in [4.69, 9.17) is 0 Å². The van der Waals surface area contributed by atoms with Gasteiger partial charge in [-0.25, -0.2) is 17.4 Å². The van der Waals surface area contributed by atoms with Gasteiger partial charge in [0, 0.05) is 0 Å². The van der Waals surface area contributed by atoms with Gasteiger partial charge in [0.25, 0.3) is 22.9 Å². The summed E-state index contributed by atoms with van der Waals surface area (Å²) in [6.07, 6.45) is -6.65. The van der Waals surface area contributed by atoms with E-state index in [0.717, 1.165) is 6.07 Å². The number of hydrogen-bond donors (Lipinski definition) is 0. The van der Waals surface area contributed by atoms with Crippen LogP contribution in [0.25, 0.3) is 0 Å². The summed E-state index contributed by atoms with van der Waals surface area (Å²) in [5.41, 5.74) is 0.295. The molecule has 0 saturated heterocycles. The minimum absolute atomic E-state index is 0.295. The molecule has 1 aromatic carbocycles. The molecule has 0 aromatic heterocycles. The van der Waals surface area contributed by atoms with Crippen molar-refractivity contribution >= 4 is 10.1 Å². The summed E-state index contributed by atoms with van der Waals surface area (Å²) >= 11 is 0. The quantitative estimate of drug-likeness (QED) is 0.774. The molecular weight excluding hydrogens is 245 g/mol. The Hall–Kier alpha value is -1.08. The van der Waals surface area contributed by atoms with Gasteiger partial charge in [0.05, 0.1) is 4.90 Å². The maximum absolute atomic E-state index is 12.5. The fraction of sp³-hybridized carbons (Fsp3) is 0.333. The summed E-state index contributed by atoms with van der Waals surface area (Å²) in [5.74, 6) is 0. The van der Waals surface area contributed by atoms with Gasteiger partial charge in [-0.1, -0.05) is 18.2 Å². The molecule has 1 rings (SSSR count). The van der Waals surface area contributed by atoms with Crippen LogP contribution in [0.1, 0.15) is 5.56 Å². The van der Waals surface area contributed by atoms with Gasteiger partial charge in [-0.15, -0.1) is 0 Å². The van der Waals surface area contributed by atoms with Crippen molar-refractivity contribution in [3.8, 4) is 0 Å². The minimum Gasteiger partial charge on any atom is -0.223 e. The van der Waals surface area contributed by atoms with Crippen LogP contribution in [0.2, 0.25) is 0 Å². The molecular formula is C9H9F3O3S. The summed E-state index contributed by atoms with van der Waals surface area (Å²) < 4.78 is 62.6. The second-order valence-corrected chi connectivity index (χ2v) is 4.54. The second-order valence-electron chi connectivity index (χ2n) is 3.00. The van der Waals surface area contributed by atoms with Crippen molar-refractivity contribution in [2.45, 2.75) is 24.6 Å².